The molecule has 0 fully saturated rings. The fourth-order valence-corrected chi connectivity index (χ4v) is 3.06. The number of nitrogens with one attached hydrogen (secondary N) is 2. The van der Waals surface area contributed by atoms with Gasteiger partial charge in [-0.05, 0) is 30.9 Å². The van der Waals surface area contributed by atoms with E-state index in [0.717, 1.165) is 35.5 Å². The van der Waals surface area contributed by atoms with E-state index in [-0.39, 0.29) is 11.9 Å². The molecule has 1 aliphatic rings. The summed E-state index contributed by atoms with van der Waals surface area (Å²) >= 11 is 6.21. The van der Waals surface area contributed by atoms with E-state index in [0.29, 0.717) is 0 Å². The third kappa shape index (κ3) is 1.79. The molecule has 1 aromatic carbocycles. The van der Waals surface area contributed by atoms with Crippen molar-refractivity contribution in [2.45, 2.75) is 32.2 Å². The van der Waals surface area contributed by atoms with Crippen LogP contribution in [-0.4, -0.2) is 10.9 Å². The van der Waals surface area contributed by atoms with Crippen LogP contribution >= 0.6 is 11.6 Å². The van der Waals surface area contributed by atoms with Crippen molar-refractivity contribution in [2.75, 3.05) is 0 Å². The molecule has 18 heavy (non-hydrogen) atoms. The Morgan fingerprint density at radius 2 is 2.33 bits per heavy atom. The van der Waals surface area contributed by atoms with Crippen LogP contribution in [0.15, 0.2) is 18.2 Å². The molecule has 0 unspecified atom stereocenters. The van der Waals surface area contributed by atoms with E-state index < -0.39 is 0 Å². The van der Waals surface area contributed by atoms with Crippen molar-refractivity contribution in [3.05, 3.63) is 34.5 Å². The van der Waals surface area contributed by atoms with Crippen LogP contribution in [0.2, 0.25) is 5.02 Å². The van der Waals surface area contributed by atoms with E-state index in [1.165, 1.54) is 10.9 Å². The highest BCUT2D eigenvalue weighted by atomic mass is 35.5. The van der Waals surface area contributed by atoms with Gasteiger partial charge in [-0.1, -0.05) is 23.7 Å². The molecule has 1 atom stereocenters. The number of para-hydroxylation sites is 1. The highest BCUT2D eigenvalue weighted by Crippen LogP contribution is 2.36. The van der Waals surface area contributed by atoms with Crippen molar-refractivity contribution in [2.24, 2.45) is 0 Å². The first kappa shape index (κ1) is 11.6. The van der Waals surface area contributed by atoms with Crippen LogP contribution in [0, 0.1) is 0 Å². The van der Waals surface area contributed by atoms with Crippen molar-refractivity contribution >= 4 is 28.4 Å². The molecule has 1 amide bonds. The molecule has 1 aliphatic carbocycles. The van der Waals surface area contributed by atoms with E-state index >= 15 is 0 Å². The van der Waals surface area contributed by atoms with Crippen molar-refractivity contribution in [3.8, 4) is 0 Å². The minimum Gasteiger partial charge on any atom is -0.355 e. The maximum atomic E-state index is 11.3. The number of rotatable bonds is 1. The SMILES string of the molecule is CC(=O)N[C@H]1CCCc2c1[nH]c1c(Cl)cccc21. The lowest BCUT2D eigenvalue weighted by molar-refractivity contribution is -0.119. The molecule has 1 aromatic heterocycles. The van der Waals surface area contributed by atoms with Gasteiger partial charge in [-0.25, -0.2) is 0 Å². The van der Waals surface area contributed by atoms with Gasteiger partial charge in [0.25, 0.3) is 0 Å². The number of carbonyl (C=O) groups is 1. The Labute approximate surface area is 111 Å². The maximum Gasteiger partial charge on any atom is 0.217 e. The number of carbonyl (C=O) groups excluding carboxylic acids is 1. The number of aromatic nitrogens is 1. The van der Waals surface area contributed by atoms with Gasteiger partial charge >= 0.3 is 0 Å². The number of aryl methyl sites for hydroxylation is 1. The summed E-state index contributed by atoms with van der Waals surface area (Å²) in [6.07, 6.45) is 3.13. The van der Waals surface area contributed by atoms with Crippen LogP contribution < -0.4 is 5.32 Å². The van der Waals surface area contributed by atoms with Crippen LogP contribution in [0.25, 0.3) is 10.9 Å². The molecule has 0 saturated heterocycles. The average molecular weight is 263 g/mol. The summed E-state index contributed by atoms with van der Waals surface area (Å²) in [6.45, 7) is 1.56. The topological polar surface area (TPSA) is 44.9 Å². The molecule has 1 heterocycles. The van der Waals surface area contributed by atoms with Gasteiger partial charge < -0.3 is 10.3 Å². The molecule has 94 valence electrons. The van der Waals surface area contributed by atoms with Gasteiger partial charge in [-0.3, -0.25) is 4.79 Å². The van der Waals surface area contributed by atoms with Crippen molar-refractivity contribution < 1.29 is 4.79 Å². The summed E-state index contributed by atoms with van der Waals surface area (Å²) in [6, 6.07) is 6.04. The monoisotopic (exact) mass is 262 g/mol. The summed E-state index contributed by atoms with van der Waals surface area (Å²) in [5.74, 6) is 0.0117. The molecular weight excluding hydrogens is 248 g/mol. The lowest BCUT2D eigenvalue weighted by Gasteiger charge is -2.23. The molecule has 0 bridgehead atoms. The summed E-state index contributed by atoms with van der Waals surface area (Å²) in [5.41, 5.74) is 3.42. The quantitative estimate of drug-likeness (QED) is 0.813. The number of fused-ring (bicyclic) bond motifs is 3. The largest absolute Gasteiger partial charge is 0.355 e. The van der Waals surface area contributed by atoms with Gasteiger partial charge in [-0.15, -0.1) is 0 Å². The Bertz CT molecular complexity index is 618. The molecule has 0 saturated carbocycles. The first-order valence-corrected chi connectivity index (χ1v) is 6.60. The second kappa shape index (κ2) is 4.32. The number of H-pyrrole nitrogens is 1. The lowest BCUT2D eigenvalue weighted by atomic mass is 9.92. The summed E-state index contributed by atoms with van der Waals surface area (Å²) in [7, 11) is 0. The van der Waals surface area contributed by atoms with Gasteiger partial charge in [-0.2, -0.15) is 0 Å². The minimum absolute atomic E-state index is 0.0117. The van der Waals surface area contributed by atoms with Crippen LogP contribution in [0.4, 0.5) is 0 Å². The van der Waals surface area contributed by atoms with Gasteiger partial charge in [0, 0.05) is 18.0 Å². The van der Waals surface area contributed by atoms with Gasteiger partial charge in [0.05, 0.1) is 16.6 Å². The average Bonchev–Trinajstić information content (AvgIpc) is 2.70. The van der Waals surface area contributed by atoms with Crippen molar-refractivity contribution in [3.63, 3.8) is 0 Å². The Hall–Kier alpha value is -1.48. The first-order valence-electron chi connectivity index (χ1n) is 6.23. The number of benzene rings is 1. The number of amides is 1. The third-order valence-electron chi connectivity index (χ3n) is 3.57. The van der Waals surface area contributed by atoms with Crippen LogP contribution in [0.3, 0.4) is 0 Å². The summed E-state index contributed by atoms with van der Waals surface area (Å²) in [5, 5.41) is 4.93. The molecule has 0 aliphatic heterocycles. The Balaban J connectivity index is 2.15. The number of halogens is 1. The zero-order valence-electron chi connectivity index (χ0n) is 10.2. The second-order valence-corrected chi connectivity index (χ2v) is 5.23. The molecule has 3 rings (SSSR count). The summed E-state index contributed by atoms with van der Waals surface area (Å²) in [4.78, 5) is 14.6. The van der Waals surface area contributed by atoms with E-state index in [1.807, 2.05) is 12.1 Å². The number of hydrogen-bond donors (Lipinski definition) is 2. The third-order valence-corrected chi connectivity index (χ3v) is 3.88. The van der Waals surface area contributed by atoms with Gasteiger partial charge in [0.2, 0.25) is 5.91 Å². The molecule has 0 spiro atoms. The molecular formula is C14H15ClN2O. The van der Waals surface area contributed by atoms with Gasteiger partial charge in [0.15, 0.2) is 0 Å². The van der Waals surface area contributed by atoms with E-state index in [2.05, 4.69) is 16.4 Å². The molecule has 2 aromatic rings. The zero-order chi connectivity index (χ0) is 12.7. The molecule has 2 N–H and O–H groups in total. The van der Waals surface area contributed by atoms with Gasteiger partial charge in [0.1, 0.15) is 0 Å². The lowest BCUT2D eigenvalue weighted by Crippen LogP contribution is -2.28. The molecule has 3 nitrogen and oxygen atoms in total. The fraction of sp³-hybridized carbons (Fsp3) is 0.357. The predicted octanol–water partition coefficient (Wildman–Crippen LogP) is 3.33. The number of hydrogen-bond acceptors (Lipinski definition) is 1. The van der Waals surface area contributed by atoms with Crippen LogP contribution in [0.5, 0.6) is 0 Å². The Morgan fingerprint density at radius 1 is 1.50 bits per heavy atom. The maximum absolute atomic E-state index is 11.3. The molecule has 0 radical (unpaired) electrons. The predicted molar refractivity (Wildman–Crippen MR) is 72.8 cm³/mol. The zero-order valence-corrected chi connectivity index (χ0v) is 11.0. The first-order chi connectivity index (χ1) is 8.66. The smallest absolute Gasteiger partial charge is 0.217 e. The highest BCUT2D eigenvalue weighted by molar-refractivity contribution is 6.35. The Morgan fingerprint density at radius 3 is 3.11 bits per heavy atom. The fourth-order valence-electron chi connectivity index (χ4n) is 2.84. The van der Waals surface area contributed by atoms with E-state index in [1.54, 1.807) is 6.92 Å². The van der Waals surface area contributed by atoms with Crippen LogP contribution in [-0.2, 0) is 11.2 Å². The minimum atomic E-state index is 0.0117. The highest BCUT2D eigenvalue weighted by Gasteiger charge is 2.25. The van der Waals surface area contributed by atoms with Crippen LogP contribution in [0.1, 0.15) is 37.1 Å². The standard InChI is InChI=1S/C14H15ClN2O/c1-8(18)16-12-7-3-5-10-9-4-2-6-11(15)13(9)17-14(10)12/h2,4,6,12,17H,3,5,7H2,1H3,(H,16,18)/t12-/m0/s1. The Kier molecular flexibility index (Phi) is 2.78. The summed E-state index contributed by atoms with van der Waals surface area (Å²) < 4.78 is 0. The normalized spacial score (nSPS) is 18.7. The van der Waals surface area contributed by atoms with E-state index in [9.17, 15) is 4.79 Å². The van der Waals surface area contributed by atoms with Crippen molar-refractivity contribution in [1.82, 2.24) is 10.3 Å². The second-order valence-electron chi connectivity index (χ2n) is 4.82. The van der Waals surface area contributed by atoms with E-state index in [4.69, 9.17) is 11.6 Å². The van der Waals surface area contributed by atoms with Crippen molar-refractivity contribution in [1.29, 1.82) is 0 Å². The number of aromatic amines is 1. The molecule has 4 heteroatoms.